The van der Waals surface area contributed by atoms with Crippen LogP contribution in [-0.4, -0.2) is 30.0 Å². The first kappa shape index (κ1) is 20.0. The molecule has 0 radical (unpaired) electrons. The number of anilines is 1. The van der Waals surface area contributed by atoms with Crippen molar-refractivity contribution in [3.63, 3.8) is 0 Å². The number of esters is 1. The fourth-order valence-corrected chi connectivity index (χ4v) is 3.48. The van der Waals surface area contributed by atoms with E-state index in [1.807, 2.05) is 30.3 Å². The van der Waals surface area contributed by atoms with Gasteiger partial charge in [-0.15, -0.1) is 0 Å². The normalized spacial score (nSPS) is 14.2. The van der Waals surface area contributed by atoms with Crippen molar-refractivity contribution in [2.45, 2.75) is 13.3 Å². The molecule has 0 atom stereocenters. The molecule has 0 amide bonds. The highest BCUT2D eigenvalue weighted by molar-refractivity contribution is 8.14. The predicted octanol–water partition coefficient (Wildman–Crippen LogP) is 5.34. The summed E-state index contributed by atoms with van der Waals surface area (Å²) in [4.78, 5) is 15.9. The zero-order valence-corrected chi connectivity index (χ0v) is 16.7. The van der Waals surface area contributed by atoms with Crippen LogP contribution in [0.4, 0.5) is 5.69 Å². The van der Waals surface area contributed by atoms with Gasteiger partial charge in [-0.3, -0.25) is 4.99 Å². The maximum Gasteiger partial charge on any atom is 0.330 e. The zero-order valence-electron chi connectivity index (χ0n) is 15.9. The minimum absolute atomic E-state index is 0.322. The van der Waals surface area contributed by atoms with Gasteiger partial charge in [0.25, 0.3) is 0 Å². The molecule has 0 fully saturated rings. The fourth-order valence-electron chi connectivity index (χ4n) is 2.64. The molecule has 0 unspecified atom stereocenters. The van der Waals surface area contributed by atoms with Crippen molar-refractivity contribution < 1.29 is 9.53 Å². The molecule has 144 valence electrons. The number of amidine groups is 1. The minimum atomic E-state index is -0.322. The molecule has 0 aromatic heterocycles. The van der Waals surface area contributed by atoms with Gasteiger partial charge in [0.15, 0.2) is 5.17 Å². The standard InChI is InChI=1S/C23H24N2O2S/c1-2-27-22(26)14-13-19-9-7-18(8-10-19)11-12-20-5-3-6-21(17-20)25-23-24-15-4-16-28-23/h3,5-14,17H,2,4,15-16H2,1H3,(H,24,25)/b12-11+,14-13+. The van der Waals surface area contributed by atoms with Gasteiger partial charge in [0.1, 0.15) is 0 Å². The summed E-state index contributed by atoms with van der Waals surface area (Å²) in [6.45, 7) is 3.08. The topological polar surface area (TPSA) is 50.7 Å². The number of nitrogens with zero attached hydrogens (tertiary/aromatic N) is 1. The Balaban J connectivity index is 1.61. The Kier molecular flexibility index (Phi) is 7.50. The first-order valence-corrected chi connectivity index (χ1v) is 10.4. The van der Waals surface area contributed by atoms with Gasteiger partial charge < -0.3 is 10.1 Å². The van der Waals surface area contributed by atoms with Crippen LogP contribution in [0.15, 0.2) is 59.6 Å². The average molecular weight is 393 g/mol. The van der Waals surface area contributed by atoms with Gasteiger partial charge in [0.2, 0.25) is 0 Å². The van der Waals surface area contributed by atoms with Crippen LogP contribution < -0.4 is 5.32 Å². The lowest BCUT2D eigenvalue weighted by molar-refractivity contribution is -0.137. The summed E-state index contributed by atoms with van der Waals surface area (Å²) >= 11 is 1.77. The molecule has 0 bridgehead atoms. The van der Waals surface area contributed by atoms with E-state index in [1.54, 1.807) is 24.8 Å². The number of hydrogen-bond acceptors (Lipinski definition) is 5. The number of nitrogens with one attached hydrogen (secondary N) is 1. The number of carbonyl (C=O) groups excluding carboxylic acids is 1. The molecule has 1 aliphatic heterocycles. The third kappa shape index (κ3) is 6.43. The summed E-state index contributed by atoms with van der Waals surface area (Å²) in [5.41, 5.74) is 4.23. The minimum Gasteiger partial charge on any atom is -0.463 e. The highest BCUT2D eigenvalue weighted by atomic mass is 32.2. The quantitative estimate of drug-likeness (QED) is 0.410. The zero-order chi connectivity index (χ0) is 19.6. The molecule has 1 N–H and O–H groups in total. The number of hydrogen-bond donors (Lipinski definition) is 1. The van der Waals surface area contributed by atoms with E-state index in [9.17, 15) is 4.79 Å². The second kappa shape index (κ2) is 10.5. The first-order chi connectivity index (χ1) is 13.7. The number of ether oxygens (including phenoxy) is 1. The highest BCUT2D eigenvalue weighted by Crippen LogP contribution is 2.18. The Morgan fingerprint density at radius 2 is 1.86 bits per heavy atom. The van der Waals surface area contributed by atoms with E-state index in [-0.39, 0.29) is 5.97 Å². The molecule has 28 heavy (non-hydrogen) atoms. The predicted molar refractivity (Wildman–Crippen MR) is 120 cm³/mol. The molecule has 2 aromatic carbocycles. The van der Waals surface area contributed by atoms with E-state index >= 15 is 0 Å². The average Bonchev–Trinajstić information content (AvgIpc) is 2.73. The van der Waals surface area contributed by atoms with Crippen molar-refractivity contribution >= 4 is 46.8 Å². The number of thioether (sulfide) groups is 1. The Hall–Kier alpha value is -2.79. The van der Waals surface area contributed by atoms with Crippen molar-refractivity contribution in [2.75, 3.05) is 24.2 Å². The lowest BCUT2D eigenvalue weighted by atomic mass is 10.1. The van der Waals surface area contributed by atoms with Crippen LogP contribution in [0.25, 0.3) is 18.2 Å². The van der Waals surface area contributed by atoms with Gasteiger partial charge in [0, 0.05) is 24.1 Å². The molecule has 0 aliphatic carbocycles. The lowest BCUT2D eigenvalue weighted by Gasteiger charge is -2.13. The van der Waals surface area contributed by atoms with Crippen molar-refractivity contribution in [2.24, 2.45) is 4.99 Å². The molecule has 1 aliphatic rings. The summed E-state index contributed by atoms with van der Waals surface area (Å²) in [7, 11) is 0. The fraction of sp³-hybridized carbons (Fsp3) is 0.217. The third-order valence-corrected chi connectivity index (χ3v) is 5.04. The lowest BCUT2D eigenvalue weighted by Crippen LogP contribution is -2.13. The summed E-state index contributed by atoms with van der Waals surface area (Å²) in [5.74, 6) is 0.800. The molecule has 1 heterocycles. The third-order valence-electron chi connectivity index (χ3n) is 4.04. The van der Waals surface area contributed by atoms with Crippen LogP contribution in [0.1, 0.15) is 30.0 Å². The second-order valence-electron chi connectivity index (χ2n) is 6.22. The van der Waals surface area contributed by atoms with E-state index in [0.29, 0.717) is 6.61 Å². The van der Waals surface area contributed by atoms with Crippen molar-refractivity contribution in [3.05, 3.63) is 71.3 Å². The number of benzene rings is 2. The maximum atomic E-state index is 11.4. The van der Waals surface area contributed by atoms with Crippen LogP contribution in [0.5, 0.6) is 0 Å². The Bertz CT molecular complexity index is 886. The molecule has 2 aromatic rings. The van der Waals surface area contributed by atoms with Crippen LogP contribution in [-0.2, 0) is 9.53 Å². The molecular weight excluding hydrogens is 368 g/mol. The Morgan fingerprint density at radius 3 is 2.57 bits per heavy atom. The molecule has 0 saturated heterocycles. The van der Waals surface area contributed by atoms with E-state index in [0.717, 1.165) is 46.3 Å². The van der Waals surface area contributed by atoms with Gasteiger partial charge in [-0.2, -0.15) is 0 Å². The van der Waals surface area contributed by atoms with Gasteiger partial charge >= 0.3 is 5.97 Å². The molecule has 0 spiro atoms. The SMILES string of the molecule is CCOC(=O)/C=C/c1ccc(/C=C/c2cccc(NC3=NCCCS3)c2)cc1. The van der Waals surface area contributed by atoms with E-state index in [2.05, 4.69) is 40.7 Å². The largest absolute Gasteiger partial charge is 0.463 e. The number of aliphatic imine (C=N–C) groups is 1. The van der Waals surface area contributed by atoms with E-state index in [1.165, 1.54) is 6.08 Å². The maximum absolute atomic E-state index is 11.4. The van der Waals surface area contributed by atoms with Gasteiger partial charge in [-0.05, 0) is 48.2 Å². The molecular formula is C23H24N2O2S. The molecule has 4 nitrogen and oxygen atoms in total. The summed E-state index contributed by atoms with van der Waals surface area (Å²) in [5, 5.41) is 4.39. The summed E-state index contributed by atoms with van der Waals surface area (Å²) in [6, 6.07) is 16.3. The van der Waals surface area contributed by atoms with Crippen molar-refractivity contribution in [1.82, 2.24) is 0 Å². The number of rotatable bonds is 6. The molecule has 5 heteroatoms. The van der Waals surface area contributed by atoms with Crippen LogP contribution >= 0.6 is 11.8 Å². The van der Waals surface area contributed by atoms with Gasteiger partial charge in [-0.1, -0.05) is 60.3 Å². The first-order valence-electron chi connectivity index (χ1n) is 9.40. The van der Waals surface area contributed by atoms with Gasteiger partial charge in [0.05, 0.1) is 6.61 Å². The Labute approximate surface area is 170 Å². The van der Waals surface area contributed by atoms with Crippen molar-refractivity contribution in [1.29, 1.82) is 0 Å². The summed E-state index contributed by atoms with van der Waals surface area (Å²) in [6.07, 6.45) is 8.51. The molecule has 0 saturated carbocycles. The monoisotopic (exact) mass is 392 g/mol. The van der Waals surface area contributed by atoms with E-state index < -0.39 is 0 Å². The Morgan fingerprint density at radius 1 is 1.11 bits per heavy atom. The van der Waals surface area contributed by atoms with Gasteiger partial charge in [-0.25, -0.2) is 4.79 Å². The smallest absolute Gasteiger partial charge is 0.330 e. The molecule has 3 rings (SSSR count). The van der Waals surface area contributed by atoms with Crippen LogP contribution in [0.3, 0.4) is 0 Å². The van der Waals surface area contributed by atoms with Crippen LogP contribution in [0.2, 0.25) is 0 Å². The highest BCUT2D eigenvalue weighted by Gasteiger charge is 2.05. The van der Waals surface area contributed by atoms with E-state index in [4.69, 9.17) is 4.74 Å². The summed E-state index contributed by atoms with van der Waals surface area (Å²) < 4.78 is 4.88. The number of carbonyl (C=O) groups is 1. The second-order valence-corrected chi connectivity index (χ2v) is 7.31. The van der Waals surface area contributed by atoms with Crippen LogP contribution in [0, 0.1) is 0 Å². The van der Waals surface area contributed by atoms with Crippen molar-refractivity contribution in [3.8, 4) is 0 Å².